The highest BCUT2D eigenvalue weighted by molar-refractivity contribution is 6.31. The van der Waals surface area contributed by atoms with Crippen molar-refractivity contribution in [1.82, 2.24) is 25.9 Å². The Balaban J connectivity index is 1.68. The highest BCUT2D eigenvalue weighted by Gasteiger charge is 2.24. The Labute approximate surface area is 236 Å². The van der Waals surface area contributed by atoms with E-state index >= 15 is 0 Å². The van der Waals surface area contributed by atoms with E-state index in [1.54, 1.807) is 18.3 Å². The molecule has 3 amide bonds. The fourth-order valence-corrected chi connectivity index (χ4v) is 4.16. The molecule has 3 rings (SSSR count). The van der Waals surface area contributed by atoms with E-state index in [1.807, 2.05) is 24.3 Å². The largest absolute Gasteiger partial charge is 0.447 e. The SMILES string of the molecule is CC(=O)N(NCc1cccc(F)c1Cl)[C@@H](CCCN(C=O)NCCO)COC(=O)Nc1cc2ccccc2cn1. The molecule has 0 aliphatic carbocycles. The number of fused-ring (bicyclic) bond motifs is 1. The fraction of sp³-hybridized carbons (Fsp3) is 0.333. The van der Waals surface area contributed by atoms with Gasteiger partial charge in [-0.15, -0.1) is 0 Å². The summed E-state index contributed by atoms with van der Waals surface area (Å²) < 4.78 is 19.3. The molecular weight excluding hydrogens is 543 g/mol. The molecule has 0 spiro atoms. The lowest BCUT2D eigenvalue weighted by molar-refractivity contribution is -0.136. The van der Waals surface area contributed by atoms with E-state index in [0.717, 1.165) is 10.8 Å². The number of benzene rings is 2. The van der Waals surface area contributed by atoms with Gasteiger partial charge in [-0.25, -0.2) is 25.0 Å². The monoisotopic (exact) mass is 574 g/mol. The summed E-state index contributed by atoms with van der Waals surface area (Å²) in [7, 11) is 0. The normalized spacial score (nSPS) is 11.6. The molecule has 1 atom stereocenters. The second kappa shape index (κ2) is 15.7. The molecule has 11 nitrogen and oxygen atoms in total. The molecule has 0 radical (unpaired) electrons. The van der Waals surface area contributed by atoms with Gasteiger partial charge >= 0.3 is 6.09 Å². The number of pyridine rings is 1. The Morgan fingerprint density at radius 3 is 2.67 bits per heavy atom. The number of amides is 3. The van der Waals surface area contributed by atoms with Gasteiger partial charge in [0.2, 0.25) is 12.3 Å². The van der Waals surface area contributed by atoms with Crippen LogP contribution in [0.25, 0.3) is 10.8 Å². The first kappa shape index (κ1) is 30.7. The molecule has 0 saturated carbocycles. The van der Waals surface area contributed by atoms with Crippen LogP contribution in [-0.4, -0.2) is 70.9 Å². The van der Waals surface area contributed by atoms with Gasteiger partial charge in [-0.2, -0.15) is 0 Å². The average molecular weight is 575 g/mol. The smallest absolute Gasteiger partial charge is 0.412 e. The minimum absolute atomic E-state index is 0.0401. The minimum atomic E-state index is -0.761. The van der Waals surface area contributed by atoms with Crippen molar-refractivity contribution in [3.8, 4) is 0 Å². The number of carbonyl (C=O) groups excluding carboxylic acids is 3. The van der Waals surface area contributed by atoms with Crippen molar-refractivity contribution in [2.24, 2.45) is 0 Å². The van der Waals surface area contributed by atoms with Crippen molar-refractivity contribution in [1.29, 1.82) is 0 Å². The van der Waals surface area contributed by atoms with Gasteiger partial charge in [-0.1, -0.05) is 48.0 Å². The lowest BCUT2D eigenvalue weighted by atomic mass is 10.1. The zero-order valence-electron chi connectivity index (χ0n) is 22.0. The van der Waals surface area contributed by atoms with E-state index in [1.165, 1.54) is 29.1 Å². The summed E-state index contributed by atoms with van der Waals surface area (Å²) in [5.74, 6) is -0.652. The molecule has 1 aromatic heterocycles. The molecule has 0 fully saturated rings. The number of nitrogens with zero attached hydrogens (tertiary/aromatic N) is 3. The van der Waals surface area contributed by atoms with Crippen molar-refractivity contribution in [3.05, 3.63) is 71.1 Å². The summed E-state index contributed by atoms with van der Waals surface area (Å²) in [5, 5.41) is 15.9. The van der Waals surface area contributed by atoms with Crippen LogP contribution in [0.2, 0.25) is 5.02 Å². The third kappa shape index (κ3) is 9.12. The summed E-state index contributed by atoms with van der Waals surface area (Å²) in [5.41, 5.74) is 6.16. The first-order chi connectivity index (χ1) is 19.3. The van der Waals surface area contributed by atoms with E-state index in [0.29, 0.717) is 30.6 Å². The average Bonchev–Trinajstić information content (AvgIpc) is 2.95. The van der Waals surface area contributed by atoms with Crippen molar-refractivity contribution < 1.29 is 28.6 Å². The van der Waals surface area contributed by atoms with Gasteiger partial charge in [0.25, 0.3) is 0 Å². The predicted octanol–water partition coefficient (Wildman–Crippen LogP) is 3.23. The molecule has 40 heavy (non-hydrogen) atoms. The van der Waals surface area contributed by atoms with Crippen LogP contribution in [0, 0.1) is 5.82 Å². The third-order valence-electron chi connectivity index (χ3n) is 5.93. The van der Waals surface area contributed by atoms with Crippen LogP contribution in [0.3, 0.4) is 0 Å². The van der Waals surface area contributed by atoms with Gasteiger partial charge < -0.3 is 9.84 Å². The molecule has 3 aromatic rings. The van der Waals surface area contributed by atoms with E-state index in [-0.39, 0.29) is 43.8 Å². The summed E-state index contributed by atoms with van der Waals surface area (Å²) in [6.07, 6.45) is 2.22. The second-order valence-corrected chi connectivity index (χ2v) is 9.18. The van der Waals surface area contributed by atoms with Crippen LogP contribution in [0.15, 0.2) is 54.7 Å². The lowest BCUT2D eigenvalue weighted by Crippen LogP contribution is -2.51. The molecule has 214 valence electrons. The maximum Gasteiger partial charge on any atom is 0.412 e. The Kier molecular flexibility index (Phi) is 12.0. The van der Waals surface area contributed by atoms with E-state index in [2.05, 4.69) is 21.2 Å². The van der Waals surface area contributed by atoms with Crippen molar-refractivity contribution in [3.63, 3.8) is 0 Å². The number of rotatable bonds is 15. The highest BCUT2D eigenvalue weighted by atomic mass is 35.5. The van der Waals surface area contributed by atoms with Crippen LogP contribution in [0.1, 0.15) is 25.3 Å². The van der Waals surface area contributed by atoms with Crippen LogP contribution >= 0.6 is 11.6 Å². The van der Waals surface area contributed by atoms with E-state index in [4.69, 9.17) is 21.4 Å². The number of aromatic nitrogens is 1. The van der Waals surface area contributed by atoms with Crippen molar-refractivity contribution in [2.45, 2.75) is 32.4 Å². The summed E-state index contributed by atoms with van der Waals surface area (Å²) >= 11 is 6.06. The fourth-order valence-electron chi connectivity index (χ4n) is 3.96. The van der Waals surface area contributed by atoms with Crippen LogP contribution in [-0.2, 0) is 20.9 Å². The van der Waals surface area contributed by atoms with Crippen LogP contribution < -0.4 is 16.2 Å². The quantitative estimate of drug-likeness (QED) is 0.160. The Bertz CT molecular complexity index is 1300. The topological polar surface area (TPSA) is 136 Å². The van der Waals surface area contributed by atoms with Crippen LogP contribution in [0.5, 0.6) is 0 Å². The van der Waals surface area contributed by atoms with Gasteiger partial charge in [0.1, 0.15) is 18.2 Å². The number of aliphatic hydroxyl groups is 1. The number of carbonyl (C=O) groups is 3. The lowest BCUT2D eigenvalue weighted by Gasteiger charge is -2.31. The number of anilines is 1. The van der Waals surface area contributed by atoms with Gasteiger partial charge in [-0.3, -0.25) is 24.9 Å². The molecule has 2 aromatic carbocycles. The zero-order valence-corrected chi connectivity index (χ0v) is 22.7. The molecular formula is C27H32ClFN6O5. The number of nitrogens with one attached hydrogen (secondary N) is 3. The summed E-state index contributed by atoms with van der Waals surface area (Å²) in [6, 6.07) is 13.0. The third-order valence-corrected chi connectivity index (χ3v) is 6.36. The molecule has 0 unspecified atom stereocenters. The van der Waals surface area contributed by atoms with Gasteiger partial charge in [-0.05, 0) is 35.9 Å². The van der Waals surface area contributed by atoms with Crippen molar-refractivity contribution >= 4 is 46.6 Å². The Hall–Kier alpha value is -3.84. The first-order valence-corrected chi connectivity index (χ1v) is 13.0. The maximum atomic E-state index is 13.9. The number of hydrogen-bond acceptors (Lipinski definition) is 8. The molecule has 1 heterocycles. The molecule has 0 aliphatic rings. The highest BCUT2D eigenvalue weighted by Crippen LogP contribution is 2.20. The van der Waals surface area contributed by atoms with Crippen molar-refractivity contribution in [2.75, 3.05) is 31.6 Å². The Morgan fingerprint density at radius 2 is 1.95 bits per heavy atom. The summed E-state index contributed by atoms with van der Waals surface area (Å²) in [6.45, 7) is 1.52. The zero-order chi connectivity index (χ0) is 28.9. The number of ether oxygens (including phenoxy) is 1. The van der Waals surface area contributed by atoms with Gasteiger partial charge in [0.05, 0.1) is 17.7 Å². The van der Waals surface area contributed by atoms with Gasteiger partial charge in [0.15, 0.2) is 0 Å². The molecule has 4 N–H and O–H groups in total. The van der Waals surface area contributed by atoms with Crippen LogP contribution in [0.4, 0.5) is 15.0 Å². The molecule has 0 aliphatic heterocycles. The molecule has 0 saturated heterocycles. The second-order valence-electron chi connectivity index (χ2n) is 8.80. The standard InChI is InChI=1S/C27H32ClFN6O5/c1-19(38)35(32-16-22-8-4-10-24(29)26(22)28)23(9-5-12-34(18-37)31-11-13-36)17-40-27(39)33-25-14-20-6-2-3-7-21(20)15-30-25/h2-4,6-8,10,14-15,18,23,31-32,36H,5,9,11-13,16-17H2,1H3,(H,30,33,39)/t23-/m0/s1. The molecule has 0 bridgehead atoms. The van der Waals surface area contributed by atoms with Gasteiger partial charge in [0, 0.05) is 38.1 Å². The van der Waals surface area contributed by atoms with E-state index < -0.39 is 18.0 Å². The number of hydrazine groups is 2. The maximum absolute atomic E-state index is 13.9. The predicted molar refractivity (Wildman–Crippen MR) is 148 cm³/mol. The number of aliphatic hydroxyl groups excluding tert-OH is 1. The summed E-state index contributed by atoms with van der Waals surface area (Å²) in [4.78, 5) is 40.7. The minimum Gasteiger partial charge on any atom is -0.447 e. The number of hydrogen-bond donors (Lipinski definition) is 4. The van der Waals surface area contributed by atoms with E-state index in [9.17, 15) is 18.8 Å². The molecule has 13 heteroatoms. The number of halogens is 2. The Morgan fingerprint density at radius 1 is 1.18 bits per heavy atom. The first-order valence-electron chi connectivity index (χ1n) is 12.6.